The number of hydrogen-bond donors (Lipinski definition) is 2. The molecule has 0 bridgehead atoms. The maximum atomic E-state index is 9.00. The van der Waals surface area contributed by atoms with Gasteiger partial charge in [0.1, 0.15) is 0 Å². The third-order valence-corrected chi connectivity index (χ3v) is 0. The van der Waals surface area contributed by atoms with Gasteiger partial charge in [-0.05, 0) is 0 Å². The second-order valence-electron chi connectivity index (χ2n) is 0.519. The molecule has 0 aromatic rings. The molecule has 0 spiro atoms. The average molecular weight is 146 g/mol. The largest absolute Gasteiger partial charge is 1.00 e. The molecule has 0 radical (unpaired) electrons. The summed E-state index contributed by atoms with van der Waals surface area (Å²) in [4.78, 5) is 9.00. The fourth-order valence-corrected chi connectivity index (χ4v) is 0. The first-order chi connectivity index (χ1) is 1.73. The summed E-state index contributed by atoms with van der Waals surface area (Å²) < 4.78 is 0. The van der Waals surface area contributed by atoms with E-state index in [2.05, 4.69) is 0 Å². The maximum absolute atomic E-state index is 9.00. The molecule has 0 rings (SSSR count). The molecular weight excluding hydrogens is 139 g/mol. The monoisotopic (exact) mass is 146 g/mol. The van der Waals surface area contributed by atoms with Crippen LogP contribution < -0.4 is 94.8 Å². The average Bonchev–Trinajstić information content (AvgIpc) is 0.811. The first-order valence-electron chi connectivity index (χ1n) is 0.928. The van der Waals surface area contributed by atoms with E-state index in [1.54, 1.807) is 0 Å². The van der Waals surface area contributed by atoms with E-state index < -0.39 is 5.97 Å². The predicted molar refractivity (Wildman–Crippen MR) is 18.3 cm³/mol. The van der Waals surface area contributed by atoms with Gasteiger partial charge >= 0.3 is 88.7 Å². The van der Waals surface area contributed by atoms with Crippen LogP contribution in [0.15, 0.2) is 0 Å². The number of carboxylic acids is 1. The number of hydrogen-bond acceptors (Lipinski definition) is 2. The van der Waals surface area contributed by atoms with Gasteiger partial charge in [0.25, 0.3) is 5.97 Å². The van der Waals surface area contributed by atoms with Gasteiger partial charge < -0.3 is 11.3 Å². The molecule has 0 amide bonds. The van der Waals surface area contributed by atoms with Gasteiger partial charge in [-0.15, -0.1) is 0 Å². The number of carboxylic acid groups (broad SMARTS) is 1. The van der Waals surface area contributed by atoms with Crippen molar-refractivity contribution in [1.82, 2.24) is 6.15 Å². The Morgan fingerprint density at radius 1 is 1.25 bits per heavy atom. The van der Waals surface area contributed by atoms with Crippen LogP contribution in [0.4, 0.5) is 0 Å². The molecule has 0 atom stereocenters. The summed E-state index contributed by atoms with van der Waals surface area (Å²) in [5.41, 5.74) is 0. The third-order valence-electron chi connectivity index (χ3n) is 0. The van der Waals surface area contributed by atoms with Crippen molar-refractivity contribution in [1.29, 1.82) is 0 Å². The van der Waals surface area contributed by atoms with E-state index in [1.807, 2.05) is 0 Å². The van der Waals surface area contributed by atoms with Gasteiger partial charge in [0.15, 0.2) is 0 Å². The van der Waals surface area contributed by atoms with Gasteiger partial charge in [-0.3, -0.25) is 4.79 Å². The standard InChI is InChI=1S/C2H4O2.H3N.3Na/c1-2(3)4;;;;/h1H3,(H,3,4);1H3;;;/q;;3*+1. The third kappa shape index (κ3) is 78.8. The zero-order valence-corrected chi connectivity index (χ0v) is 12.1. The van der Waals surface area contributed by atoms with Crippen LogP contribution in [0.1, 0.15) is 6.92 Å². The zero-order chi connectivity index (χ0) is 3.58. The first-order valence-corrected chi connectivity index (χ1v) is 0.928. The molecule has 4 N–H and O–H groups in total. The molecule has 0 aliphatic carbocycles. The van der Waals surface area contributed by atoms with Gasteiger partial charge in [-0.25, -0.2) is 0 Å². The Labute approximate surface area is 115 Å². The topological polar surface area (TPSA) is 72.3 Å². The first kappa shape index (κ1) is 31.5. The maximum Gasteiger partial charge on any atom is 1.00 e. The van der Waals surface area contributed by atoms with Crippen molar-refractivity contribution in [3.8, 4) is 0 Å². The van der Waals surface area contributed by atoms with E-state index in [1.165, 1.54) is 0 Å². The second-order valence-corrected chi connectivity index (χ2v) is 0.519. The smallest absolute Gasteiger partial charge is 0.481 e. The number of rotatable bonds is 0. The Hall–Kier alpha value is 2.43. The van der Waals surface area contributed by atoms with Crippen LogP contribution >= 0.6 is 0 Å². The fraction of sp³-hybridized carbons (Fsp3) is 0.500. The molecule has 0 aliphatic rings. The van der Waals surface area contributed by atoms with Gasteiger partial charge in [-0.1, -0.05) is 0 Å². The van der Waals surface area contributed by atoms with Gasteiger partial charge in [-0.2, -0.15) is 0 Å². The molecule has 0 fully saturated rings. The van der Waals surface area contributed by atoms with E-state index in [4.69, 9.17) is 9.90 Å². The van der Waals surface area contributed by atoms with Gasteiger partial charge in [0, 0.05) is 6.92 Å². The van der Waals surface area contributed by atoms with Crippen LogP contribution in [0.5, 0.6) is 0 Å². The van der Waals surface area contributed by atoms with Crippen LogP contribution in [0.3, 0.4) is 0 Å². The van der Waals surface area contributed by atoms with Crippen molar-refractivity contribution < 1.29 is 98.6 Å². The summed E-state index contributed by atoms with van der Waals surface area (Å²) in [6, 6.07) is 0. The summed E-state index contributed by atoms with van der Waals surface area (Å²) in [6.45, 7) is 1.08. The van der Waals surface area contributed by atoms with Crippen molar-refractivity contribution in [2.45, 2.75) is 6.92 Å². The van der Waals surface area contributed by atoms with E-state index in [0.717, 1.165) is 6.92 Å². The number of aliphatic carboxylic acids is 1. The van der Waals surface area contributed by atoms with Crippen LogP contribution in [-0.2, 0) is 4.79 Å². The van der Waals surface area contributed by atoms with E-state index >= 15 is 0 Å². The molecule has 32 valence electrons. The molecule has 8 heavy (non-hydrogen) atoms. The van der Waals surface area contributed by atoms with Gasteiger partial charge in [0.2, 0.25) is 0 Å². The van der Waals surface area contributed by atoms with Crippen molar-refractivity contribution in [3.63, 3.8) is 0 Å². The molecule has 0 aromatic heterocycles. The summed E-state index contributed by atoms with van der Waals surface area (Å²) in [5, 5.41) is 7.42. The minimum Gasteiger partial charge on any atom is -0.481 e. The van der Waals surface area contributed by atoms with Crippen molar-refractivity contribution in [2.75, 3.05) is 0 Å². The zero-order valence-electron chi connectivity index (χ0n) is 6.06. The molecule has 3 nitrogen and oxygen atoms in total. The predicted octanol–water partition coefficient (Wildman–Crippen LogP) is -8.74. The SMILES string of the molecule is CC(=O)O.N.[Na+].[Na+].[Na+]. The van der Waals surface area contributed by atoms with E-state index in [-0.39, 0.29) is 94.8 Å². The number of carbonyl (C=O) groups is 1. The molecule has 0 saturated heterocycles. The second kappa shape index (κ2) is 22.7. The minimum atomic E-state index is -0.833. The molecular formula is C2H7NNa3O2+3. The summed E-state index contributed by atoms with van der Waals surface area (Å²) in [6.07, 6.45) is 0. The molecule has 0 saturated carbocycles. The molecule has 0 aliphatic heterocycles. The van der Waals surface area contributed by atoms with Crippen LogP contribution in [0, 0.1) is 0 Å². The normalized spacial score (nSPS) is 3.12. The van der Waals surface area contributed by atoms with Crippen LogP contribution in [0.2, 0.25) is 0 Å². The van der Waals surface area contributed by atoms with E-state index in [0.29, 0.717) is 0 Å². The molecule has 6 heteroatoms. The van der Waals surface area contributed by atoms with Gasteiger partial charge in [0.05, 0.1) is 0 Å². The van der Waals surface area contributed by atoms with E-state index in [9.17, 15) is 0 Å². The van der Waals surface area contributed by atoms with Crippen molar-refractivity contribution in [2.24, 2.45) is 0 Å². The Morgan fingerprint density at radius 2 is 1.25 bits per heavy atom. The summed E-state index contributed by atoms with van der Waals surface area (Å²) >= 11 is 0. The Balaban J connectivity index is -0.00000000750. The van der Waals surface area contributed by atoms with Crippen LogP contribution in [-0.4, -0.2) is 11.1 Å². The molecule has 0 heterocycles. The van der Waals surface area contributed by atoms with Crippen molar-refractivity contribution >= 4 is 5.97 Å². The Kier molecular flexibility index (Phi) is 89.4. The Morgan fingerprint density at radius 3 is 1.25 bits per heavy atom. The minimum absolute atomic E-state index is 0. The fourth-order valence-electron chi connectivity index (χ4n) is 0. The summed E-state index contributed by atoms with van der Waals surface area (Å²) in [5.74, 6) is -0.833. The molecule has 0 unspecified atom stereocenters. The molecule has 0 aromatic carbocycles. The Bertz CT molecular complexity index is 38.3. The quantitative estimate of drug-likeness (QED) is 0.333. The summed E-state index contributed by atoms with van der Waals surface area (Å²) in [7, 11) is 0. The van der Waals surface area contributed by atoms with Crippen molar-refractivity contribution in [3.05, 3.63) is 0 Å². The van der Waals surface area contributed by atoms with Crippen LogP contribution in [0.25, 0.3) is 0 Å².